The van der Waals surface area contributed by atoms with Gasteiger partial charge >= 0.3 is 5.97 Å². The van der Waals surface area contributed by atoms with Crippen LogP contribution in [0, 0.1) is 11.3 Å². The van der Waals surface area contributed by atoms with Gasteiger partial charge in [0.15, 0.2) is 0 Å². The third-order valence-corrected chi connectivity index (χ3v) is 3.15. The number of hydrogen-bond acceptors (Lipinski definition) is 3. The van der Waals surface area contributed by atoms with E-state index in [0.717, 1.165) is 0 Å². The Bertz CT molecular complexity index is 367. The van der Waals surface area contributed by atoms with Crippen LogP contribution in [0.5, 0.6) is 0 Å². The molecule has 0 saturated heterocycles. The Hall–Kier alpha value is -1.64. The highest BCUT2D eigenvalue weighted by Crippen LogP contribution is 2.35. The molecule has 0 aromatic carbocycles. The monoisotopic (exact) mass is 234 g/mol. The molecular formula is C14H18O3. The fourth-order valence-corrected chi connectivity index (χ4v) is 2.14. The number of methoxy groups -OCH3 is 1. The summed E-state index contributed by atoms with van der Waals surface area (Å²) in [6.45, 7) is 5.06. The minimum absolute atomic E-state index is 0.109. The molecule has 0 aromatic rings. The van der Waals surface area contributed by atoms with Crippen molar-refractivity contribution in [1.29, 1.82) is 0 Å². The first-order valence-corrected chi connectivity index (χ1v) is 5.62. The lowest BCUT2D eigenvalue weighted by atomic mass is 9.74. The van der Waals surface area contributed by atoms with Crippen LogP contribution in [0.25, 0.3) is 0 Å². The molecule has 17 heavy (non-hydrogen) atoms. The second-order valence-corrected chi connectivity index (χ2v) is 4.26. The lowest BCUT2D eigenvalue weighted by molar-refractivity contribution is -0.158. The smallest absolute Gasteiger partial charge is 0.319 e. The highest BCUT2D eigenvalue weighted by molar-refractivity contribution is 6.02. The number of ether oxygens (including phenoxy) is 1. The summed E-state index contributed by atoms with van der Waals surface area (Å²) in [6.07, 6.45) is 10.1. The summed E-state index contributed by atoms with van der Waals surface area (Å²) in [5.41, 5.74) is -1.10. The van der Waals surface area contributed by atoms with Crippen LogP contribution >= 0.6 is 0 Å². The molecule has 1 rings (SSSR count). The van der Waals surface area contributed by atoms with Crippen LogP contribution in [0.3, 0.4) is 0 Å². The number of hydrogen-bond donors (Lipinski definition) is 0. The van der Waals surface area contributed by atoms with Crippen molar-refractivity contribution in [1.82, 2.24) is 0 Å². The molecule has 1 unspecified atom stereocenters. The fraction of sp³-hybridized carbons (Fsp3) is 0.429. The van der Waals surface area contributed by atoms with Crippen LogP contribution in [-0.4, -0.2) is 18.9 Å². The Morgan fingerprint density at radius 1 is 1.41 bits per heavy atom. The van der Waals surface area contributed by atoms with Gasteiger partial charge in [0.1, 0.15) is 11.2 Å². The van der Waals surface area contributed by atoms with Crippen molar-refractivity contribution in [3.05, 3.63) is 37.0 Å². The lowest BCUT2D eigenvalue weighted by Crippen LogP contribution is -2.40. The number of esters is 1. The van der Waals surface area contributed by atoms with Crippen LogP contribution in [-0.2, 0) is 14.3 Å². The predicted octanol–water partition coefficient (Wildman–Crippen LogP) is 2.44. The molecule has 0 fully saturated rings. The van der Waals surface area contributed by atoms with E-state index >= 15 is 0 Å². The Morgan fingerprint density at radius 3 is 2.41 bits per heavy atom. The maximum absolute atomic E-state index is 11.9. The lowest BCUT2D eigenvalue weighted by Gasteiger charge is -2.28. The van der Waals surface area contributed by atoms with E-state index in [1.54, 1.807) is 6.08 Å². The molecule has 0 radical (unpaired) electrons. The van der Waals surface area contributed by atoms with E-state index in [2.05, 4.69) is 6.58 Å². The zero-order valence-electron chi connectivity index (χ0n) is 10.3. The number of Topliss-reactive ketones (excluding diaryl/α,β-unsaturated/α-hetero) is 1. The van der Waals surface area contributed by atoms with Crippen LogP contribution in [0.15, 0.2) is 37.0 Å². The summed E-state index contributed by atoms with van der Waals surface area (Å²) in [4.78, 5) is 23.8. The highest BCUT2D eigenvalue weighted by atomic mass is 16.5. The fourth-order valence-electron chi connectivity index (χ4n) is 2.14. The zero-order valence-corrected chi connectivity index (χ0v) is 10.3. The largest absolute Gasteiger partial charge is 0.468 e. The van der Waals surface area contributed by atoms with Gasteiger partial charge in [-0.15, -0.1) is 6.58 Å². The maximum Gasteiger partial charge on any atom is 0.319 e. The number of allylic oxidation sites excluding steroid dienone is 5. The first kappa shape index (κ1) is 13.4. The molecule has 0 N–H and O–H groups in total. The second-order valence-electron chi connectivity index (χ2n) is 4.26. The van der Waals surface area contributed by atoms with Gasteiger partial charge < -0.3 is 4.74 Å². The minimum atomic E-state index is -1.10. The van der Waals surface area contributed by atoms with Gasteiger partial charge in [-0.3, -0.25) is 9.59 Å². The van der Waals surface area contributed by atoms with E-state index in [0.29, 0.717) is 12.8 Å². The van der Waals surface area contributed by atoms with E-state index in [4.69, 9.17) is 4.74 Å². The molecule has 0 saturated carbocycles. The van der Waals surface area contributed by atoms with Crippen molar-refractivity contribution in [3.8, 4) is 0 Å². The molecule has 1 atom stereocenters. The van der Waals surface area contributed by atoms with Crippen molar-refractivity contribution in [2.24, 2.45) is 11.3 Å². The molecular weight excluding hydrogens is 216 g/mol. The van der Waals surface area contributed by atoms with E-state index < -0.39 is 11.4 Å². The molecule has 1 aliphatic carbocycles. The number of carbonyl (C=O) groups excluding carboxylic acids is 2. The highest BCUT2D eigenvalue weighted by Gasteiger charge is 2.44. The van der Waals surface area contributed by atoms with E-state index in [1.165, 1.54) is 14.0 Å². The van der Waals surface area contributed by atoms with E-state index in [9.17, 15) is 9.59 Å². The quantitative estimate of drug-likeness (QED) is 0.403. The molecule has 0 spiro atoms. The van der Waals surface area contributed by atoms with Gasteiger partial charge in [0.05, 0.1) is 7.11 Å². The van der Waals surface area contributed by atoms with Gasteiger partial charge in [0, 0.05) is 0 Å². The standard InChI is InChI=1S/C14H18O3/c1-4-9-14(11(2)15,13(16)17-3)10-12-7-5-6-8-12/h4-8,12H,1,9-10H2,2-3H3. The average molecular weight is 234 g/mol. The molecule has 92 valence electrons. The van der Waals surface area contributed by atoms with Gasteiger partial charge in [-0.05, 0) is 25.7 Å². The molecule has 0 aromatic heterocycles. The Morgan fingerprint density at radius 2 is 2.00 bits per heavy atom. The van der Waals surface area contributed by atoms with Crippen molar-refractivity contribution >= 4 is 11.8 Å². The molecule has 0 bridgehead atoms. The predicted molar refractivity (Wildman–Crippen MR) is 66.3 cm³/mol. The average Bonchev–Trinajstić information content (AvgIpc) is 2.79. The van der Waals surface area contributed by atoms with Gasteiger partial charge in [-0.25, -0.2) is 0 Å². The Balaban J connectivity index is 3.00. The topological polar surface area (TPSA) is 43.4 Å². The van der Waals surface area contributed by atoms with Gasteiger partial charge in [-0.1, -0.05) is 30.4 Å². The van der Waals surface area contributed by atoms with Crippen molar-refractivity contribution in [2.75, 3.05) is 7.11 Å². The number of ketones is 1. The summed E-state index contributed by atoms with van der Waals surface area (Å²) < 4.78 is 4.78. The van der Waals surface area contributed by atoms with Crippen LogP contribution in [0.1, 0.15) is 19.8 Å². The molecule has 3 nitrogen and oxygen atoms in total. The Labute approximate surface area is 102 Å². The zero-order chi connectivity index (χ0) is 12.9. The van der Waals surface area contributed by atoms with Crippen LogP contribution in [0.2, 0.25) is 0 Å². The summed E-state index contributed by atoms with van der Waals surface area (Å²) >= 11 is 0. The minimum Gasteiger partial charge on any atom is -0.468 e. The van der Waals surface area contributed by atoms with Gasteiger partial charge in [0.2, 0.25) is 0 Å². The first-order valence-electron chi connectivity index (χ1n) is 5.62. The van der Waals surface area contributed by atoms with Crippen LogP contribution < -0.4 is 0 Å². The summed E-state index contributed by atoms with van der Waals surface area (Å²) in [6, 6.07) is 0. The summed E-state index contributed by atoms with van der Waals surface area (Å²) in [7, 11) is 1.31. The number of rotatable bonds is 6. The third-order valence-electron chi connectivity index (χ3n) is 3.15. The molecule has 0 aliphatic heterocycles. The van der Waals surface area contributed by atoms with E-state index in [1.807, 2.05) is 24.3 Å². The normalized spacial score (nSPS) is 17.8. The van der Waals surface area contributed by atoms with Crippen LogP contribution in [0.4, 0.5) is 0 Å². The van der Waals surface area contributed by atoms with E-state index in [-0.39, 0.29) is 11.7 Å². The van der Waals surface area contributed by atoms with Gasteiger partial charge in [0.25, 0.3) is 0 Å². The van der Waals surface area contributed by atoms with Crippen molar-refractivity contribution in [3.63, 3.8) is 0 Å². The maximum atomic E-state index is 11.9. The van der Waals surface area contributed by atoms with Gasteiger partial charge in [-0.2, -0.15) is 0 Å². The SMILES string of the molecule is C=CCC(CC1C=CC=C1)(C(C)=O)C(=O)OC. The second kappa shape index (κ2) is 5.62. The molecule has 0 amide bonds. The Kier molecular flexibility index (Phi) is 4.44. The molecule has 3 heteroatoms. The number of carbonyl (C=O) groups is 2. The molecule has 0 heterocycles. The third kappa shape index (κ3) is 2.73. The summed E-state index contributed by atoms with van der Waals surface area (Å²) in [5.74, 6) is -0.533. The van der Waals surface area contributed by atoms with Crippen molar-refractivity contribution < 1.29 is 14.3 Å². The summed E-state index contributed by atoms with van der Waals surface area (Å²) in [5, 5.41) is 0. The van der Waals surface area contributed by atoms with Crippen molar-refractivity contribution in [2.45, 2.75) is 19.8 Å². The molecule has 1 aliphatic rings. The first-order chi connectivity index (χ1) is 8.06.